The van der Waals surface area contributed by atoms with Crippen LogP contribution in [0.25, 0.3) is 0 Å². The lowest BCUT2D eigenvalue weighted by molar-refractivity contribution is -0.145. The van der Waals surface area contributed by atoms with E-state index in [4.69, 9.17) is 4.74 Å². The van der Waals surface area contributed by atoms with E-state index in [9.17, 15) is 4.79 Å². The van der Waals surface area contributed by atoms with E-state index in [1.807, 2.05) is 13.8 Å². The third-order valence-corrected chi connectivity index (χ3v) is 3.87. The maximum absolute atomic E-state index is 11.4. The first-order valence-corrected chi connectivity index (χ1v) is 6.62. The van der Waals surface area contributed by atoms with Crippen molar-refractivity contribution in [2.75, 3.05) is 33.3 Å². The normalized spacial score (nSPS) is 24.6. The summed E-state index contributed by atoms with van der Waals surface area (Å²) in [6.07, 6.45) is 1.26. The molecule has 0 radical (unpaired) electrons. The van der Waals surface area contributed by atoms with E-state index in [-0.39, 0.29) is 17.9 Å². The Morgan fingerprint density at radius 1 is 1.53 bits per heavy atom. The maximum Gasteiger partial charge on any atom is 0.309 e. The van der Waals surface area contributed by atoms with Crippen LogP contribution in [0.3, 0.4) is 0 Å². The number of ether oxygens (including phenoxy) is 1. The Labute approximate surface area is 105 Å². The molecule has 1 fully saturated rings. The molecular weight excluding hydrogens is 216 g/mol. The van der Waals surface area contributed by atoms with Gasteiger partial charge in [-0.05, 0) is 38.9 Å². The van der Waals surface area contributed by atoms with E-state index in [0.29, 0.717) is 0 Å². The molecule has 0 spiro atoms. The zero-order valence-electron chi connectivity index (χ0n) is 11.5. The molecule has 1 aliphatic rings. The Kier molecular flexibility index (Phi) is 5.92. The molecular formula is C13H26N2O2. The molecule has 1 heterocycles. The van der Waals surface area contributed by atoms with Crippen molar-refractivity contribution in [1.29, 1.82) is 0 Å². The van der Waals surface area contributed by atoms with Gasteiger partial charge in [-0.1, -0.05) is 13.8 Å². The summed E-state index contributed by atoms with van der Waals surface area (Å²) < 4.78 is 4.75. The van der Waals surface area contributed by atoms with Crippen molar-refractivity contribution in [2.24, 2.45) is 11.8 Å². The van der Waals surface area contributed by atoms with E-state index < -0.39 is 0 Å². The van der Waals surface area contributed by atoms with Gasteiger partial charge in [-0.15, -0.1) is 0 Å². The molecule has 0 aromatic carbocycles. The molecule has 17 heavy (non-hydrogen) atoms. The van der Waals surface area contributed by atoms with Crippen molar-refractivity contribution < 1.29 is 9.53 Å². The molecule has 100 valence electrons. The topological polar surface area (TPSA) is 41.6 Å². The van der Waals surface area contributed by atoms with Crippen LogP contribution < -0.4 is 5.32 Å². The fourth-order valence-electron chi connectivity index (χ4n) is 2.29. The minimum atomic E-state index is -0.133. The Morgan fingerprint density at radius 3 is 2.76 bits per heavy atom. The Morgan fingerprint density at radius 2 is 2.24 bits per heavy atom. The van der Waals surface area contributed by atoms with Gasteiger partial charge in [0.25, 0.3) is 0 Å². The number of hydrogen-bond acceptors (Lipinski definition) is 4. The van der Waals surface area contributed by atoms with E-state index >= 15 is 0 Å². The van der Waals surface area contributed by atoms with Crippen LogP contribution in [-0.4, -0.2) is 50.2 Å². The molecule has 0 aliphatic carbocycles. The molecule has 1 saturated heterocycles. The molecule has 3 atom stereocenters. The van der Waals surface area contributed by atoms with Gasteiger partial charge in [0.1, 0.15) is 0 Å². The second-order valence-electron chi connectivity index (χ2n) is 5.06. The summed E-state index contributed by atoms with van der Waals surface area (Å²) in [5.74, 6) is 0.512. The minimum Gasteiger partial charge on any atom is -0.469 e. The minimum absolute atomic E-state index is 0.0799. The van der Waals surface area contributed by atoms with Crippen LogP contribution in [0.5, 0.6) is 0 Å². The Balaban J connectivity index is 2.24. The second kappa shape index (κ2) is 6.97. The summed E-state index contributed by atoms with van der Waals surface area (Å²) >= 11 is 0. The van der Waals surface area contributed by atoms with Crippen molar-refractivity contribution >= 4 is 5.97 Å². The number of esters is 1. The fraction of sp³-hybridized carbons (Fsp3) is 0.923. The molecule has 0 aromatic rings. The number of nitrogens with one attached hydrogen (secondary N) is 1. The highest BCUT2D eigenvalue weighted by Crippen LogP contribution is 2.15. The summed E-state index contributed by atoms with van der Waals surface area (Å²) in [5, 5.41) is 3.46. The van der Waals surface area contributed by atoms with Crippen LogP contribution in [0.4, 0.5) is 0 Å². The van der Waals surface area contributed by atoms with E-state index in [1.54, 1.807) is 0 Å². The lowest BCUT2D eigenvalue weighted by Gasteiger charge is -2.21. The molecule has 0 aromatic heterocycles. The van der Waals surface area contributed by atoms with Gasteiger partial charge in [-0.2, -0.15) is 0 Å². The van der Waals surface area contributed by atoms with Crippen molar-refractivity contribution in [2.45, 2.75) is 33.2 Å². The summed E-state index contributed by atoms with van der Waals surface area (Å²) in [4.78, 5) is 13.9. The molecule has 1 N–H and O–H groups in total. The summed E-state index contributed by atoms with van der Waals surface area (Å²) in [6, 6.07) is 0.179. The average Bonchev–Trinajstić information content (AvgIpc) is 2.81. The lowest BCUT2D eigenvalue weighted by Crippen LogP contribution is -2.39. The summed E-state index contributed by atoms with van der Waals surface area (Å²) in [5.41, 5.74) is 0. The first-order valence-electron chi connectivity index (χ1n) is 6.62. The number of carbonyl (C=O) groups is 1. The number of hydrogen-bond donors (Lipinski definition) is 1. The van der Waals surface area contributed by atoms with E-state index in [0.717, 1.165) is 19.0 Å². The number of likely N-dealkylation sites (tertiary alicyclic amines) is 1. The smallest absolute Gasteiger partial charge is 0.309 e. The average molecular weight is 242 g/mol. The SMILES string of the molecule is CCN1CCC(CNC(C)C(C)C(=O)OC)C1. The van der Waals surface area contributed by atoms with Crippen molar-refractivity contribution in [3.8, 4) is 0 Å². The van der Waals surface area contributed by atoms with Crippen LogP contribution in [0.1, 0.15) is 27.2 Å². The zero-order chi connectivity index (χ0) is 12.8. The van der Waals surface area contributed by atoms with Gasteiger partial charge in [0.05, 0.1) is 13.0 Å². The number of carbonyl (C=O) groups excluding carboxylic acids is 1. The third kappa shape index (κ3) is 4.28. The predicted molar refractivity (Wildman–Crippen MR) is 68.9 cm³/mol. The van der Waals surface area contributed by atoms with Crippen LogP contribution >= 0.6 is 0 Å². The number of methoxy groups -OCH3 is 1. The van der Waals surface area contributed by atoms with Crippen molar-refractivity contribution in [1.82, 2.24) is 10.2 Å². The second-order valence-corrected chi connectivity index (χ2v) is 5.06. The van der Waals surface area contributed by atoms with Crippen LogP contribution in [0.15, 0.2) is 0 Å². The van der Waals surface area contributed by atoms with E-state index in [1.165, 1.54) is 26.6 Å². The fourth-order valence-corrected chi connectivity index (χ4v) is 2.29. The van der Waals surface area contributed by atoms with Crippen LogP contribution in [0.2, 0.25) is 0 Å². The highest BCUT2D eigenvalue weighted by Gasteiger charge is 2.24. The first-order chi connectivity index (χ1) is 8.08. The predicted octanol–water partition coefficient (Wildman–Crippen LogP) is 1.12. The van der Waals surface area contributed by atoms with Crippen molar-refractivity contribution in [3.05, 3.63) is 0 Å². The summed E-state index contributed by atoms with van der Waals surface area (Å²) in [7, 11) is 1.45. The maximum atomic E-state index is 11.4. The first kappa shape index (κ1) is 14.5. The number of nitrogens with zero attached hydrogens (tertiary/aromatic N) is 1. The van der Waals surface area contributed by atoms with Gasteiger partial charge >= 0.3 is 5.97 Å². The molecule has 0 bridgehead atoms. The van der Waals surface area contributed by atoms with Gasteiger partial charge in [-0.25, -0.2) is 0 Å². The quantitative estimate of drug-likeness (QED) is 0.709. The molecule has 0 amide bonds. The zero-order valence-corrected chi connectivity index (χ0v) is 11.5. The highest BCUT2D eigenvalue weighted by atomic mass is 16.5. The summed E-state index contributed by atoms with van der Waals surface area (Å²) in [6.45, 7) is 10.7. The van der Waals surface area contributed by atoms with Gasteiger partial charge in [0, 0.05) is 12.6 Å². The highest BCUT2D eigenvalue weighted by molar-refractivity contribution is 5.72. The van der Waals surface area contributed by atoms with Crippen molar-refractivity contribution in [3.63, 3.8) is 0 Å². The van der Waals surface area contributed by atoms with Crippen LogP contribution in [0, 0.1) is 11.8 Å². The van der Waals surface area contributed by atoms with Gasteiger partial charge in [0.2, 0.25) is 0 Å². The molecule has 1 rings (SSSR count). The van der Waals surface area contributed by atoms with Crippen LogP contribution in [-0.2, 0) is 9.53 Å². The van der Waals surface area contributed by atoms with Gasteiger partial charge < -0.3 is 15.0 Å². The molecule has 4 heteroatoms. The standard InChI is InChI=1S/C13H26N2O2/c1-5-15-7-6-12(9-15)8-14-11(3)10(2)13(16)17-4/h10-12,14H,5-9H2,1-4H3. The van der Waals surface area contributed by atoms with Gasteiger partial charge in [0.15, 0.2) is 0 Å². The molecule has 1 aliphatic heterocycles. The Bertz CT molecular complexity index is 246. The largest absolute Gasteiger partial charge is 0.469 e. The Hall–Kier alpha value is -0.610. The lowest BCUT2D eigenvalue weighted by atomic mass is 10.0. The van der Waals surface area contributed by atoms with E-state index in [2.05, 4.69) is 17.1 Å². The number of rotatable bonds is 6. The molecule has 3 unspecified atom stereocenters. The molecule has 4 nitrogen and oxygen atoms in total. The third-order valence-electron chi connectivity index (χ3n) is 3.87. The molecule has 0 saturated carbocycles. The monoisotopic (exact) mass is 242 g/mol. The van der Waals surface area contributed by atoms with Gasteiger partial charge in [-0.3, -0.25) is 4.79 Å².